The van der Waals surface area contributed by atoms with Crippen molar-refractivity contribution in [2.75, 3.05) is 19.0 Å². The van der Waals surface area contributed by atoms with E-state index in [0.717, 1.165) is 11.8 Å². The molecule has 1 N–H and O–H groups in total. The Hall–Kier alpha value is -2.67. The predicted octanol–water partition coefficient (Wildman–Crippen LogP) is 4.86. The summed E-state index contributed by atoms with van der Waals surface area (Å²) in [6.45, 7) is 0. The van der Waals surface area contributed by atoms with Crippen molar-refractivity contribution in [1.29, 1.82) is 0 Å². The molecule has 4 nitrogen and oxygen atoms in total. The van der Waals surface area contributed by atoms with Crippen molar-refractivity contribution in [3.8, 4) is 16.9 Å². The summed E-state index contributed by atoms with van der Waals surface area (Å²) in [6.07, 6.45) is -6.46. The van der Waals surface area contributed by atoms with Crippen LogP contribution in [0.3, 0.4) is 0 Å². The van der Waals surface area contributed by atoms with Crippen molar-refractivity contribution in [3.63, 3.8) is 0 Å². The van der Waals surface area contributed by atoms with Gasteiger partial charge < -0.3 is 14.7 Å². The molecule has 27 heavy (non-hydrogen) atoms. The Balaban J connectivity index is 2.17. The van der Waals surface area contributed by atoms with E-state index in [2.05, 4.69) is 0 Å². The second kappa shape index (κ2) is 6.81. The maximum Gasteiger partial charge on any atom is 0.430 e. The van der Waals surface area contributed by atoms with Crippen LogP contribution in [0.2, 0.25) is 5.02 Å². The van der Waals surface area contributed by atoms with Crippen LogP contribution in [0.4, 0.5) is 18.9 Å². The number of ether oxygens (including phenoxy) is 1. The van der Waals surface area contributed by atoms with Gasteiger partial charge >= 0.3 is 12.1 Å². The standard InChI is InChI=1S/C19H15ClF3NO3/c1-24(2)13-5-3-10(4-6-13)14-9-12(20)7-11-8-15(18(25)26)17(19(21,22)23)27-16(11)14/h3-9,17H,1-2H3,(H,25,26). The quantitative estimate of drug-likeness (QED) is 0.803. The number of hydrogen-bond donors (Lipinski definition) is 1. The van der Waals surface area contributed by atoms with Crippen molar-refractivity contribution in [3.05, 3.63) is 52.6 Å². The minimum atomic E-state index is -4.87. The third kappa shape index (κ3) is 3.73. The molecular formula is C19H15ClF3NO3. The average Bonchev–Trinajstić information content (AvgIpc) is 2.59. The Kier molecular flexibility index (Phi) is 4.82. The monoisotopic (exact) mass is 397 g/mol. The molecule has 0 saturated carbocycles. The molecule has 0 bridgehead atoms. The molecule has 0 radical (unpaired) electrons. The van der Waals surface area contributed by atoms with Gasteiger partial charge in [0, 0.05) is 35.9 Å². The van der Waals surface area contributed by atoms with E-state index in [1.54, 1.807) is 12.1 Å². The number of fused-ring (bicyclic) bond motifs is 1. The SMILES string of the molecule is CN(C)c1ccc(-c2cc(Cl)cc3c2OC(C(F)(F)F)C(C(=O)O)=C3)cc1. The van der Waals surface area contributed by atoms with Gasteiger partial charge in [-0.25, -0.2) is 4.79 Å². The van der Waals surface area contributed by atoms with Gasteiger partial charge in [0.2, 0.25) is 6.10 Å². The summed E-state index contributed by atoms with van der Waals surface area (Å²) in [6, 6.07) is 9.98. The summed E-state index contributed by atoms with van der Waals surface area (Å²) in [4.78, 5) is 13.2. The van der Waals surface area contributed by atoms with E-state index in [9.17, 15) is 18.0 Å². The minimum Gasteiger partial charge on any atom is -0.478 e. The van der Waals surface area contributed by atoms with E-state index in [1.807, 2.05) is 31.1 Å². The molecule has 0 spiro atoms. The normalized spacial score (nSPS) is 16.2. The number of carboxylic acid groups (broad SMARTS) is 1. The number of halogens is 4. The van der Waals surface area contributed by atoms with Crippen LogP contribution in [0.25, 0.3) is 17.2 Å². The number of carboxylic acids is 1. The van der Waals surface area contributed by atoms with E-state index in [4.69, 9.17) is 21.4 Å². The first kappa shape index (κ1) is 19.1. The zero-order valence-corrected chi connectivity index (χ0v) is 15.1. The number of benzene rings is 2. The van der Waals surface area contributed by atoms with Crippen LogP contribution in [0, 0.1) is 0 Å². The van der Waals surface area contributed by atoms with Crippen LogP contribution >= 0.6 is 11.6 Å². The summed E-state index contributed by atoms with van der Waals surface area (Å²) in [5.74, 6) is -1.75. The fourth-order valence-electron chi connectivity index (χ4n) is 2.85. The van der Waals surface area contributed by atoms with Crippen molar-refractivity contribution in [2.45, 2.75) is 12.3 Å². The Morgan fingerprint density at radius 3 is 2.33 bits per heavy atom. The summed E-state index contributed by atoms with van der Waals surface area (Å²) < 4.78 is 45.2. The number of alkyl halides is 3. The van der Waals surface area contributed by atoms with Crippen LogP contribution in [-0.4, -0.2) is 37.5 Å². The van der Waals surface area contributed by atoms with Crippen LogP contribution < -0.4 is 9.64 Å². The number of nitrogens with zero attached hydrogens (tertiary/aromatic N) is 1. The lowest BCUT2D eigenvalue weighted by atomic mass is 9.95. The first-order chi connectivity index (χ1) is 12.6. The molecule has 2 aromatic rings. The van der Waals surface area contributed by atoms with Gasteiger partial charge in [0.25, 0.3) is 0 Å². The average molecular weight is 398 g/mol. The van der Waals surface area contributed by atoms with E-state index < -0.39 is 23.8 Å². The molecule has 0 fully saturated rings. The minimum absolute atomic E-state index is 0.0515. The van der Waals surface area contributed by atoms with Gasteiger partial charge in [-0.05, 0) is 35.9 Å². The predicted molar refractivity (Wildman–Crippen MR) is 97.3 cm³/mol. The summed E-state index contributed by atoms with van der Waals surface area (Å²) in [5, 5.41) is 9.41. The summed E-state index contributed by atoms with van der Waals surface area (Å²) in [5.41, 5.74) is 1.18. The molecule has 1 heterocycles. The first-order valence-corrected chi connectivity index (χ1v) is 8.25. The highest BCUT2D eigenvalue weighted by Gasteiger charge is 2.48. The number of anilines is 1. The molecule has 2 aromatic carbocycles. The molecule has 0 aliphatic carbocycles. The maximum atomic E-state index is 13.3. The van der Waals surface area contributed by atoms with Crippen LogP contribution in [0.15, 0.2) is 42.0 Å². The summed E-state index contributed by atoms with van der Waals surface area (Å²) in [7, 11) is 3.73. The van der Waals surface area contributed by atoms with E-state index in [0.29, 0.717) is 11.1 Å². The smallest absolute Gasteiger partial charge is 0.430 e. The fraction of sp³-hybridized carbons (Fsp3) is 0.211. The Morgan fingerprint density at radius 1 is 1.19 bits per heavy atom. The molecule has 1 aliphatic rings. The number of carbonyl (C=O) groups is 1. The van der Waals surface area contributed by atoms with E-state index >= 15 is 0 Å². The lowest BCUT2D eigenvalue weighted by molar-refractivity contribution is -0.187. The van der Waals surface area contributed by atoms with Gasteiger partial charge in [-0.15, -0.1) is 0 Å². The Labute approximate surface area is 158 Å². The molecule has 0 aromatic heterocycles. The highest BCUT2D eigenvalue weighted by Crippen LogP contribution is 2.44. The third-order valence-corrected chi connectivity index (χ3v) is 4.37. The molecule has 0 saturated heterocycles. The van der Waals surface area contributed by atoms with Gasteiger partial charge in [-0.1, -0.05) is 23.7 Å². The fourth-order valence-corrected chi connectivity index (χ4v) is 3.08. The molecule has 8 heteroatoms. The second-order valence-electron chi connectivity index (χ2n) is 6.26. The first-order valence-electron chi connectivity index (χ1n) is 7.87. The topological polar surface area (TPSA) is 49.8 Å². The molecule has 1 aliphatic heterocycles. The van der Waals surface area contributed by atoms with Crippen molar-refractivity contribution in [2.24, 2.45) is 0 Å². The lowest BCUT2D eigenvalue weighted by Crippen LogP contribution is -2.40. The highest BCUT2D eigenvalue weighted by atomic mass is 35.5. The largest absolute Gasteiger partial charge is 0.478 e. The van der Waals surface area contributed by atoms with E-state index in [-0.39, 0.29) is 16.3 Å². The van der Waals surface area contributed by atoms with E-state index in [1.165, 1.54) is 12.1 Å². The zero-order valence-electron chi connectivity index (χ0n) is 14.3. The molecule has 142 valence electrons. The Bertz CT molecular complexity index is 921. The van der Waals surface area contributed by atoms with Gasteiger partial charge in [0.15, 0.2) is 0 Å². The van der Waals surface area contributed by atoms with Gasteiger partial charge in [-0.2, -0.15) is 13.2 Å². The molecule has 0 amide bonds. The lowest BCUT2D eigenvalue weighted by Gasteiger charge is -2.28. The number of rotatable bonds is 3. The van der Waals surface area contributed by atoms with Gasteiger partial charge in [0.1, 0.15) is 5.75 Å². The molecule has 1 atom stereocenters. The zero-order chi connectivity index (χ0) is 19.9. The van der Waals surface area contributed by atoms with Crippen molar-refractivity contribution in [1.82, 2.24) is 0 Å². The Morgan fingerprint density at radius 2 is 1.81 bits per heavy atom. The van der Waals surface area contributed by atoms with Crippen molar-refractivity contribution >= 4 is 29.3 Å². The number of aliphatic carboxylic acids is 1. The number of hydrogen-bond acceptors (Lipinski definition) is 3. The molecule has 1 unspecified atom stereocenters. The molecular weight excluding hydrogens is 383 g/mol. The summed E-state index contributed by atoms with van der Waals surface area (Å²) >= 11 is 6.10. The van der Waals surface area contributed by atoms with Crippen molar-refractivity contribution < 1.29 is 27.8 Å². The highest BCUT2D eigenvalue weighted by molar-refractivity contribution is 6.31. The van der Waals surface area contributed by atoms with Crippen LogP contribution in [0.1, 0.15) is 5.56 Å². The van der Waals surface area contributed by atoms with Gasteiger partial charge in [-0.3, -0.25) is 0 Å². The maximum absolute atomic E-state index is 13.3. The van der Waals surface area contributed by atoms with Crippen LogP contribution in [0.5, 0.6) is 5.75 Å². The second-order valence-corrected chi connectivity index (χ2v) is 6.69. The van der Waals surface area contributed by atoms with Crippen LogP contribution in [-0.2, 0) is 4.79 Å². The molecule has 3 rings (SSSR count). The van der Waals surface area contributed by atoms with Gasteiger partial charge in [0.05, 0.1) is 5.57 Å². The third-order valence-electron chi connectivity index (χ3n) is 4.15.